The second-order valence-electron chi connectivity index (χ2n) is 3.56. The number of nitro groups is 1. The minimum absolute atomic E-state index is 0.0902. The van der Waals surface area contributed by atoms with Gasteiger partial charge in [0.15, 0.2) is 0 Å². The lowest BCUT2D eigenvalue weighted by Gasteiger charge is -2.08. The molecule has 1 aromatic carbocycles. The molecule has 0 aliphatic rings. The third-order valence-corrected chi connectivity index (χ3v) is 2.79. The zero-order chi connectivity index (χ0) is 13.1. The Morgan fingerprint density at radius 3 is 2.78 bits per heavy atom. The minimum Gasteiger partial charge on any atom is -0.448 e. The molecule has 0 amide bonds. The normalized spacial score (nSPS) is 10.1. The van der Waals surface area contributed by atoms with E-state index in [9.17, 15) is 10.1 Å². The molecule has 1 heterocycles. The van der Waals surface area contributed by atoms with Crippen molar-refractivity contribution in [2.24, 2.45) is 0 Å². The summed E-state index contributed by atoms with van der Waals surface area (Å²) in [5.41, 5.74) is 0.586. The fourth-order valence-corrected chi connectivity index (χ4v) is 1.76. The molecule has 0 fully saturated rings. The quantitative estimate of drug-likeness (QED) is 0.638. The number of aromatic nitrogens is 1. The van der Waals surface area contributed by atoms with Gasteiger partial charge in [0, 0.05) is 16.7 Å². The van der Waals surface area contributed by atoms with Gasteiger partial charge in [0.2, 0.25) is 5.75 Å². The first-order valence-corrected chi connectivity index (χ1v) is 5.90. The Labute approximate surface area is 112 Å². The number of rotatable bonds is 3. The molecule has 0 aliphatic carbocycles. The summed E-state index contributed by atoms with van der Waals surface area (Å²) in [5.74, 6) is 0.697. The molecule has 2 aromatic rings. The number of ether oxygens (including phenoxy) is 1. The first kappa shape index (κ1) is 12.5. The van der Waals surface area contributed by atoms with Gasteiger partial charge in [0.25, 0.3) is 0 Å². The van der Waals surface area contributed by atoms with E-state index in [1.807, 2.05) is 0 Å². The first-order chi connectivity index (χ1) is 8.58. The van der Waals surface area contributed by atoms with E-state index in [-0.39, 0.29) is 11.4 Å². The first-order valence-electron chi connectivity index (χ1n) is 5.11. The SMILES string of the molecule is Cc1ncccc1Oc1ccc(Br)cc1[N+](=O)[O-]. The lowest BCUT2D eigenvalue weighted by atomic mass is 10.3. The van der Waals surface area contributed by atoms with Crippen molar-refractivity contribution in [2.75, 3.05) is 0 Å². The van der Waals surface area contributed by atoms with Gasteiger partial charge in [-0.25, -0.2) is 0 Å². The summed E-state index contributed by atoms with van der Waals surface area (Å²) in [7, 11) is 0. The van der Waals surface area contributed by atoms with Crippen LogP contribution in [0.1, 0.15) is 5.69 Å². The van der Waals surface area contributed by atoms with Gasteiger partial charge in [0.05, 0.1) is 10.6 Å². The molecule has 0 radical (unpaired) electrons. The largest absolute Gasteiger partial charge is 0.448 e. The van der Waals surface area contributed by atoms with Gasteiger partial charge in [0.1, 0.15) is 5.75 Å². The number of hydrogen-bond acceptors (Lipinski definition) is 4. The maximum Gasteiger partial charge on any atom is 0.312 e. The standard InChI is InChI=1S/C12H9BrN2O3/c1-8-11(3-2-6-14-8)18-12-5-4-9(13)7-10(12)15(16)17/h2-7H,1H3. The molecule has 0 saturated carbocycles. The van der Waals surface area contributed by atoms with Crippen molar-refractivity contribution >= 4 is 21.6 Å². The van der Waals surface area contributed by atoms with Crippen LogP contribution < -0.4 is 4.74 Å². The van der Waals surface area contributed by atoms with Crippen LogP contribution in [0.3, 0.4) is 0 Å². The van der Waals surface area contributed by atoms with Crippen molar-refractivity contribution in [3.63, 3.8) is 0 Å². The van der Waals surface area contributed by atoms with Crippen molar-refractivity contribution in [1.82, 2.24) is 4.98 Å². The predicted molar refractivity (Wildman–Crippen MR) is 69.8 cm³/mol. The number of benzene rings is 1. The molecule has 0 N–H and O–H groups in total. The zero-order valence-corrected chi connectivity index (χ0v) is 11.0. The van der Waals surface area contributed by atoms with Crippen LogP contribution in [-0.4, -0.2) is 9.91 Å². The number of aryl methyl sites for hydroxylation is 1. The second kappa shape index (κ2) is 5.14. The van der Waals surface area contributed by atoms with Crippen LogP contribution in [0.4, 0.5) is 5.69 Å². The van der Waals surface area contributed by atoms with E-state index in [0.717, 1.165) is 0 Å². The van der Waals surface area contributed by atoms with E-state index in [2.05, 4.69) is 20.9 Å². The Balaban J connectivity index is 2.41. The Bertz CT molecular complexity index is 602. The van der Waals surface area contributed by atoms with Gasteiger partial charge in [-0.3, -0.25) is 15.1 Å². The van der Waals surface area contributed by atoms with Crippen molar-refractivity contribution < 1.29 is 9.66 Å². The molecule has 0 aliphatic heterocycles. The molecule has 0 unspecified atom stereocenters. The Morgan fingerprint density at radius 1 is 1.33 bits per heavy atom. The van der Waals surface area contributed by atoms with Gasteiger partial charge in [-0.1, -0.05) is 15.9 Å². The van der Waals surface area contributed by atoms with Gasteiger partial charge in [-0.2, -0.15) is 0 Å². The summed E-state index contributed by atoms with van der Waals surface area (Å²) in [4.78, 5) is 14.5. The van der Waals surface area contributed by atoms with Gasteiger partial charge in [-0.05, 0) is 31.2 Å². The molecule has 92 valence electrons. The Kier molecular flexibility index (Phi) is 3.57. The van der Waals surface area contributed by atoms with Crippen LogP contribution in [-0.2, 0) is 0 Å². The maximum atomic E-state index is 10.9. The maximum absolute atomic E-state index is 10.9. The van der Waals surface area contributed by atoms with Crippen molar-refractivity contribution in [1.29, 1.82) is 0 Å². The Morgan fingerprint density at radius 2 is 2.11 bits per heavy atom. The molecule has 0 bridgehead atoms. The molecule has 18 heavy (non-hydrogen) atoms. The highest BCUT2D eigenvalue weighted by atomic mass is 79.9. The average Bonchev–Trinajstić information content (AvgIpc) is 2.34. The second-order valence-corrected chi connectivity index (χ2v) is 4.47. The minimum atomic E-state index is -0.480. The summed E-state index contributed by atoms with van der Waals surface area (Å²) < 4.78 is 6.16. The lowest BCUT2D eigenvalue weighted by molar-refractivity contribution is -0.385. The highest BCUT2D eigenvalue weighted by Crippen LogP contribution is 2.34. The van der Waals surface area contributed by atoms with Crippen molar-refractivity contribution in [3.8, 4) is 11.5 Å². The molecule has 1 aromatic heterocycles. The fraction of sp³-hybridized carbons (Fsp3) is 0.0833. The van der Waals surface area contributed by atoms with E-state index in [1.165, 1.54) is 6.07 Å². The number of halogens is 1. The van der Waals surface area contributed by atoms with E-state index in [0.29, 0.717) is 15.9 Å². The monoisotopic (exact) mass is 308 g/mol. The summed E-state index contributed by atoms with van der Waals surface area (Å²) in [6.07, 6.45) is 1.64. The van der Waals surface area contributed by atoms with Gasteiger partial charge in [-0.15, -0.1) is 0 Å². The van der Waals surface area contributed by atoms with Crippen LogP contribution in [0.15, 0.2) is 41.0 Å². The molecular formula is C12H9BrN2O3. The lowest BCUT2D eigenvalue weighted by Crippen LogP contribution is -1.95. The fourth-order valence-electron chi connectivity index (χ4n) is 1.42. The molecule has 2 rings (SSSR count). The molecule has 5 nitrogen and oxygen atoms in total. The smallest absolute Gasteiger partial charge is 0.312 e. The van der Waals surface area contributed by atoms with Crippen LogP contribution >= 0.6 is 15.9 Å². The number of nitro benzene ring substituents is 1. The van der Waals surface area contributed by atoms with Crippen molar-refractivity contribution in [3.05, 3.63) is 56.8 Å². The van der Waals surface area contributed by atoms with Crippen LogP contribution in [0.5, 0.6) is 11.5 Å². The average molecular weight is 309 g/mol. The number of nitrogens with zero attached hydrogens (tertiary/aromatic N) is 2. The summed E-state index contributed by atoms with van der Waals surface area (Å²) >= 11 is 3.19. The van der Waals surface area contributed by atoms with E-state index in [1.54, 1.807) is 37.4 Å². The van der Waals surface area contributed by atoms with Gasteiger partial charge < -0.3 is 4.74 Å². The van der Waals surface area contributed by atoms with Gasteiger partial charge >= 0.3 is 5.69 Å². The highest BCUT2D eigenvalue weighted by Gasteiger charge is 2.16. The summed E-state index contributed by atoms with van der Waals surface area (Å²) in [6, 6.07) is 8.07. The molecule has 0 saturated heterocycles. The van der Waals surface area contributed by atoms with E-state index >= 15 is 0 Å². The third-order valence-electron chi connectivity index (χ3n) is 2.30. The molecule has 0 spiro atoms. The molecule has 0 atom stereocenters. The number of pyridine rings is 1. The topological polar surface area (TPSA) is 65.3 Å². The zero-order valence-electron chi connectivity index (χ0n) is 9.46. The number of hydrogen-bond donors (Lipinski definition) is 0. The Hall–Kier alpha value is -1.95. The van der Waals surface area contributed by atoms with E-state index < -0.39 is 4.92 Å². The van der Waals surface area contributed by atoms with Crippen LogP contribution in [0.2, 0.25) is 0 Å². The highest BCUT2D eigenvalue weighted by molar-refractivity contribution is 9.10. The van der Waals surface area contributed by atoms with Crippen molar-refractivity contribution in [2.45, 2.75) is 6.92 Å². The summed E-state index contributed by atoms with van der Waals surface area (Å²) in [5, 5.41) is 10.9. The van der Waals surface area contributed by atoms with E-state index in [4.69, 9.17) is 4.74 Å². The molecule has 6 heteroatoms. The predicted octanol–water partition coefficient (Wildman–Crippen LogP) is 3.85. The third kappa shape index (κ3) is 2.65. The summed E-state index contributed by atoms with van der Waals surface area (Å²) in [6.45, 7) is 1.78. The van der Waals surface area contributed by atoms with Crippen LogP contribution in [0, 0.1) is 17.0 Å². The van der Waals surface area contributed by atoms with Crippen LogP contribution in [0.25, 0.3) is 0 Å². The molecular weight excluding hydrogens is 300 g/mol.